The van der Waals surface area contributed by atoms with Gasteiger partial charge in [-0.2, -0.15) is 9.89 Å². The Bertz CT molecular complexity index is 177. The van der Waals surface area contributed by atoms with E-state index in [9.17, 15) is 0 Å². The van der Waals surface area contributed by atoms with E-state index in [0.29, 0.717) is 6.04 Å². The van der Waals surface area contributed by atoms with Gasteiger partial charge in [0.15, 0.2) is 0 Å². The molecule has 11 heavy (non-hydrogen) atoms. The molecule has 0 spiro atoms. The van der Waals surface area contributed by atoms with E-state index >= 15 is 0 Å². The predicted molar refractivity (Wildman–Crippen MR) is 46.0 cm³/mol. The molecule has 1 rings (SSSR count). The zero-order chi connectivity index (χ0) is 8.10. The van der Waals surface area contributed by atoms with E-state index in [-0.39, 0.29) is 0 Å². The number of nitrogens with zero attached hydrogens (tertiary/aromatic N) is 2. The van der Waals surface area contributed by atoms with Crippen molar-refractivity contribution in [2.24, 2.45) is 0 Å². The number of rotatable bonds is 4. The van der Waals surface area contributed by atoms with Crippen LogP contribution in [0, 0.1) is 0 Å². The van der Waals surface area contributed by atoms with E-state index in [1.54, 1.807) is 11.0 Å². The predicted octanol–water partition coefficient (Wildman–Crippen LogP) is 1.62. The lowest BCUT2D eigenvalue weighted by Crippen LogP contribution is -2.26. The van der Waals surface area contributed by atoms with Crippen LogP contribution in [0.3, 0.4) is 0 Å². The van der Waals surface area contributed by atoms with E-state index in [2.05, 4.69) is 24.4 Å². The Hall–Kier alpha value is -0.990. The second-order valence-corrected chi connectivity index (χ2v) is 2.59. The van der Waals surface area contributed by atoms with E-state index in [1.165, 1.54) is 0 Å². The molecule has 1 N–H and O–H groups in total. The fourth-order valence-electron chi connectivity index (χ4n) is 1.00. The maximum atomic E-state index is 4.06. The van der Waals surface area contributed by atoms with Crippen LogP contribution in [0.2, 0.25) is 0 Å². The minimum Gasteiger partial charge on any atom is -0.307 e. The smallest absolute Gasteiger partial charge is 0.0510 e. The van der Waals surface area contributed by atoms with E-state index in [1.807, 2.05) is 12.3 Å². The molecular weight excluding hydrogens is 138 g/mol. The summed E-state index contributed by atoms with van der Waals surface area (Å²) >= 11 is 0. The summed E-state index contributed by atoms with van der Waals surface area (Å²) in [5, 5.41) is 4.06. The van der Waals surface area contributed by atoms with Crippen molar-refractivity contribution in [1.29, 1.82) is 0 Å². The third-order valence-corrected chi connectivity index (χ3v) is 1.80. The Morgan fingerprint density at radius 3 is 2.64 bits per heavy atom. The van der Waals surface area contributed by atoms with Crippen molar-refractivity contribution >= 4 is 0 Å². The maximum Gasteiger partial charge on any atom is 0.0510 e. The number of aromatic nitrogens is 2. The molecule has 0 aliphatic heterocycles. The lowest BCUT2D eigenvalue weighted by Gasteiger charge is -2.15. The highest BCUT2D eigenvalue weighted by atomic mass is 15.6. The van der Waals surface area contributed by atoms with Crippen LogP contribution < -0.4 is 5.43 Å². The highest BCUT2D eigenvalue weighted by molar-refractivity contribution is 4.84. The molecule has 0 saturated heterocycles. The van der Waals surface area contributed by atoms with Crippen molar-refractivity contribution in [2.45, 2.75) is 32.7 Å². The first-order chi connectivity index (χ1) is 5.36. The summed E-state index contributed by atoms with van der Waals surface area (Å²) in [6.45, 7) is 4.34. The quantitative estimate of drug-likeness (QED) is 0.712. The molecule has 0 atom stereocenters. The van der Waals surface area contributed by atoms with Gasteiger partial charge in [-0.1, -0.05) is 13.8 Å². The normalized spacial score (nSPS) is 10.5. The molecule has 0 aliphatic rings. The Morgan fingerprint density at radius 2 is 2.18 bits per heavy atom. The average molecular weight is 153 g/mol. The number of hydrogen-bond acceptors (Lipinski definition) is 2. The van der Waals surface area contributed by atoms with Crippen molar-refractivity contribution in [3.63, 3.8) is 0 Å². The lowest BCUT2D eigenvalue weighted by molar-refractivity contribution is 0.570. The van der Waals surface area contributed by atoms with Gasteiger partial charge in [-0.3, -0.25) is 0 Å². The third kappa shape index (κ3) is 2.26. The summed E-state index contributed by atoms with van der Waals surface area (Å²) < 4.78 is 0. The molecule has 62 valence electrons. The van der Waals surface area contributed by atoms with Gasteiger partial charge in [-0.15, -0.1) is 0 Å². The van der Waals surface area contributed by atoms with Gasteiger partial charge in [-0.25, -0.2) is 0 Å². The second-order valence-electron chi connectivity index (χ2n) is 2.59. The molecule has 1 aromatic heterocycles. The van der Waals surface area contributed by atoms with Crippen molar-refractivity contribution < 1.29 is 0 Å². The fourth-order valence-corrected chi connectivity index (χ4v) is 1.00. The van der Waals surface area contributed by atoms with Crippen LogP contribution in [0.4, 0.5) is 0 Å². The molecule has 3 heteroatoms. The molecule has 0 amide bonds. The third-order valence-electron chi connectivity index (χ3n) is 1.80. The molecule has 3 nitrogen and oxygen atoms in total. The molecule has 0 fully saturated rings. The van der Waals surface area contributed by atoms with Crippen molar-refractivity contribution in [1.82, 2.24) is 9.89 Å². The van der Waals surface area contributed by atoms with Gasteiger partial charge in [-0.05, 0) is 18.9 Å². The number of nitrogens with one attached hydrogen (secondary N) is 1. The highest BCUT2D eigenvalue weighted by Crippen LogP contribution is 1.97. The lowest BCUT2D eigenvalue weighted by atomic mass is 10.2. The molecule has 0 saturated carbocycles. The zero-order valence-corrected chi connectivity index (χ0v) is 7.12. The molecular formula is C8H15N3. The van der Waals surface area contributed by atoms with Gasteiger partial charge in [0.25, 0.3) is 0 Å². The summed E-state index contributed by atoms with van der Waals surface area (Å²) in [6, 6.07) is 2.45. The van der Waals surface area contributed by atoms with Gasteiger partial charge < -0.3 is 5.43 Å². The fraction of sp³-hybridized carbons (Fsp3) is 0.625. The summed E-state index contributed by atoms with van der Waals surface area (Å²) in [5.74, 6) is 0. The van der Waals surface area contributed by atoms with E-state index < -0.39 is 0 Å². The van der Waals surface area contributed by atoms with Crippen LogP contribution in [0.1, 0.15) is 26.7 Å². The van der Waals surface area contributed by atoms with Crippen molar-refractivity contribution in [2.75, 3.05) is 5.43 Å². The van der Waals surface area contributed by atoms with Crippen LogP contribution >= 0.6 is 0 Å². The summed E-state index contributed by atoms with van der Waals surface area (Å²) in [5.41, 5.74) is 3.26. The molecule has 0 bridgehead atoms. The topological polar surface area (TPSA) is 29.9 Å². The van der Waals surface area contributed by atoms with Crippen LogP contribution in [-0.2, 0) is 0 Å². The summed E-state index contributed by atoms with van der Waals surface area (Å²) in [4.78, 5) is 1.76. The van der Waals surface area contributed by atoms with Crippen LogP contribution in [0.15, 0.2) is 18.5 Å². The Balaban J connectivity index is 2.41. The van der Waals surface area contributed by atoms with Gasteiger partial charge in [0.05, 0.1) is 6.20 Å². The van der Waals surface area contributed by atoms with Gasteiger partial charge in [0.2, 0.25) is 0 Å². The van der Waals surface area contributed by atoms with Gasteiger partial charge in [0.1, 0.15) is 0 Å². The van der Waals surface area contributed by atoms with E-state index in [0.717, 1.165) is 12.8 Å². The van der Waals surface area contributed by atoms with Gasteiger partial charge >= 0.3 is 0 Å². The second kappa shape index (κ2) is 4.01. The highest BCUT2D eigenvalue weighted by Gasteiger charge is 2.00. The molecule has 0 unspecified atom stereocenters. The van der Waals surface area contributed by atoms with Crippen LogP contribution in [0.5, 0.6) is 0 Å². The number of hydrogen-bond donors (Lipinski definition) is 1. The minimum absolute atomic E-state index is 0.537. The Morgan fingerprint density at radius 1 is 1.45 bits per heavy atom. The van der Waals surface area contributed by atoms with Crippen molar-refractivity contribution in [3.8, 4) is 0 Å². The zero-order valence-electron chi connectivity index (χ0n) is 7.12. The largest absolute Gasteiger partial charge is 0.307 e. The standard InChI is InChI=1S/C8H15N3/c1-3-8(4-2)10-11-7-5-6-9-11/h5-8,10H,3-4H2,1-2H3. The molecule has 1 aromatic rings. The molecule has 1 heterocycles. The Kier molecular flexibility index (Phi) is 2.95. The average Bonchev–Trinajstić information content (AvgIpc) is 2.52. The van der Waals surface area contributed by atoms with Crippen molar-refractivity contribution in [3.05, 3.63) is 18.5 Å². The first-order valence-corrected chi connectivity index (χ1v) is 4.13. The molecule has 0 aromatic carbocycles. The SMILES string of the molecule is CCC(CC)Nn1cccn1. The van der Waals surface area contributed by atoms with Crippen LogP contribution in [-0.4, -0.2) is 15.9 Å². The summed E-state index contributed by atoms with van der Waals surface area (Å²) in [7, 11) is 0. The van der Waals surface area contributed by atoms with E-state index in [4.69, 9.17) is 0 Å². The molecule has 0 radical (unpaired) electrons. The van der Waals surface area contributed by atoms with Gasteiger partial charge in [0, 0.05) is 12.2 Å². The first-order valence-electron chi connectivity index (χ1n) is 4.13. The van der Waals surface area contributed by atoms with Crippen LogP contribution in [0.25, 0.3) is 0 Å². The first kappa shape index (κ1) is 8.11. The monoisotopic (exact) mass is 153 g/mol. The minimum atomic E-state index is 0.537. The Labute approximate surface area is 67.4 Å². The summed E-state index contributed by atoms with van der Waals surface area (Å²) in [6.07, 6.45) is 5.96. The maximum absolute atomic E-state index is 4.06. The molecule has 0 aliphatic carbocycles.